The molecule has 1 fully saturated rings. The van der Waals surface area contributed by atoms with Gasteiger partial charge in [-0.25, -0.2) is 0 Å². The summed E-state index contributed by atoms with van der Waals surface area (Å²) in [6.07, 6.45) is 6.28. The Kier molecular flexibility index (Phi) is 10.5. The number of hydrogen-bond donors (Lipinski definition) is 0. The van der Waals surface area contributed by atoms with Gasteiger partial charge in [0.1, 0.15) is 31.2 Å². The number of quaternary nitrogens is 1. The third-order valence-electron chi connectivity index (χ3n) is 5.55. The van der Waals surface area contributed by atoms with Crippen molar-refractivity contribution in [3.8, 4) is 11.5 Å². The van der Waals surface area contributed by atoms with E-state index in [9.17, 15) is 0 Å². The van der Waals surface area contributed by atoms with Crippen LogP contribution in [0.2, 0.25) is 0 Å². The van der Waals surface area contributed by atoms with E-state index in [-0.39, 0.29) is 32.7 Å². The van der Waals surface area contributed by atoms with Gasteiger partial charge in [0.15, 0.2) is 0 Å². The van der Waals surface area contributed by atoms with Crippen LogP contribution in [0.25, 0.3) is 0 Å². The van der Waals surface area contributed by atoms with Crippen LogP contribution >= 0.6 is 0 Å². The van der Waals surface area contributed by atoms with Crippen molar-refractivity contribution in [2.75, 3.05) is 32.8 Å². The number of piperidine rings is 1. The van der Waals surface area contributed by atoms with Gasteiger partial charge in [-0.1, -0.05) is 43.7 Å². The third kappa shape index (κ3) is 7.50. The molecule has 1 aliphatic heterocycles. The van der Waals surface area contributed by atoms with Gasteiger partial charge < -0.3 is 14.0 Å². The Bertz CT molecular complexity index is 654. The first-order valence-electron chi connectivity index (χ1n) is 10.5. The number of rotatable bonds is 10. The Morgan fingerprint density at radius 1 is 0.786 bits per heavy atom. The van der Waals surface area contributed by atoms with E-state index in [0.29, 0.717) is 0 Å². The number of ether oxygens (including phenoxy) is 2. The van der Waals surface area contributed by atoms with Gasteiger partial charge in [0, 0.05) is 38.3 Å². The fourth-order valence-electron chi connectivity index (χ4n) is 3.94. The van der Waals surface area contributed by atoms with Crippen molar-refractivity contribution in [1.29, 1.82) is 0 Å². The number of benzene rings is 2. The summed E-state index contributed by atoms with van der Waals surface area (Å²) in [4.78, 5) is 0. The molecule has 2 aromatic rings. The van der Waals surface area contributed by atoms with E-state index in [2.05, 4.69) is 37.3 Å². The summed E-state index contributed by atoms with van der Waals surface area (Å²) in [7, 11) is 0. The average molecular weight is 457 g/mol. The molecule has 3 nitrogen and oxygen atoms in total. The molecule has 1 saturated heterocycles. The van der Waals surface area contributed by atoms with Crippen molar-refractivity contribution in [2.24, 2.45) is 0 Å². The zero-order valence-electron chi connectivity index (χ0n) is 17.3. The molecule has 0 amide bonds. The molecule has 3 rings (SSSR count). The molecule has 149 valence electrons. The Morgan fingerprint density at radius 3 is 2.00 bits per heavy atom. The van der Waals surface area contributed by atoms with Gasteiger partial charge in [0.05, 0.1) is 19.7 Å². The van der Waals surface area contributed by atoms with Crippen LogP contribution < -0.4 is 9.47 Å². The van der Waals surface area contributed by atoms with Crippen LogP contribution in [-0.4, -0.2) is 37.3 Å². The van der Waals surface area contributed by atoms with Crippen molar-refractivity contribution in [2.45, 2.75) is 45.6 Å². The minimum atomic E-state index is 0. The number of hydrogen-bond acceptors (Lipinski definition) is 2. The van der Waals surface area contributed by atoms with Gasteiger partial charge in [-0.3, -0.25) is 0 Å². The number of likely N-dealkylation sites (tertiary alicyclic amines) is 1. The molecule has 0 spiro atoms. The molecular weight excluding hydrogens is 423 g/mol. The molecule has 1 radical (unpaired) electrons. The maximum Gasteiger partial charge on any atom is 0.137 e. The molecular formula is C24H34NO2Y+. The van der Waals surface area contributed by atoms with E-state index in [1.165, 1.54) is 37.9 Å². The van der Waals surface area contributed by atoms with Crippen LogP contribution in [-0.2, 0) is 39.3 Å². The number of nitrogens with zero attached hydrogens (tertiary/aromatic N) is 1. The Labute approximate surface area is 195 Å². The largest absolute Gasteiger partial charge is 0.494 e. The van der Waals surface area contributed by atoms with Crippen LogP contribution in [0.15, 0.2) is 54.6 Å². The first-order valence-corrected chi connectivity index (χ1v) is 10.5. The Morgan fingerprint density at radius 2 is 1.39 bits per heavy atom. The standard InChI is InChI=1S/C24H34NO2.Y/c1-2-3-19-26-23-12-14-24(15-13-23)27-20-18-25(16-8-5-9-17-25)21-22-10-6-4-7-11-22;/h4,6-7,10-15H,2-3,5,8-9,16-21H2,1H3;/q+1;. The summed E-state index contributed by atoms with van der Waals surface area (Å²) in [6.45, 7) is 8.46. The maximum atomic E-state index is 6.08. The molecule has 4 heteroatoms. The third-order valence-corrected chi connectivity index (χ3v) is 5.55. The molecule has 0 N–H and O–H groups in total. The van der Waals surface area contributed by atoms with Gasteiger partial charge in [0.2, 0.25) is 0 Å². The molecule has 1 heterocycles. The van der Waals surface area contributed by atoms with Crippen molar-refractivity contribution < 1.29 is 46.7 Å². The van der Waals surface area contributed by atoms with Gasteiger partial charge in [-0.15, -0.1) is 0 Å². The van der Waals surface area contributed by atoms with Gasteiger partial charge in [-0.2, -0.15) is 0 Å². The fraction of sp³-hybridized carbons (Fsp3) is 0.500. The quantitative estimate of drug-likeness (QED) is 0.349. The SMILES string of the molecule is CCCCOc1ccc(OCC[N+]2(Cc3ccccc3)CCCCC2)cc1.[Y]. The predicted octanol–water partition coefficient (Wildman–Crippen LogP) is 5.44. The molecule has 1 aliphatic rings. The minimum absolute atomic E-state index is 0. The molecule has 0 saturated carbocycles. The summed E-state index contributed by atoms with van der Waals surface area (Å²) >= 11 is 0. The van der Waals surface area contributed by atoms with Gasteiger partial charge >= 0.3 is 0 Å². The second-order valence-electron chi connectivity index (χ2n) is 7.74. The molecule has 0 unspecified atom stereocenters. The Hall–Kier alpha value is -0.896. The molecule has 0 atom stereocenters. The van der Waals surface area contributed by atoms with Crippen molar-refractivity contribution in [1.82, 2.24) is 0 Å². The maximum absolute atomic E-state index is 6.08. The van der Waals surface area contributed by atoms with E-state index in [0.717, 1.165) is 55.1 Å². The zero-order chi connectivity index (χ0) is 18.8. The molecule has 0 aromatic heterocycles. The van der Waals surface area contributed by atoms with E-state index in [1.807, 2.05) is 24.3 Å². The van der Waals surface area contributed by atoms with Crippen molar-refractivity contribution in [3.05, 3.63) is 60.2 Å². The monoisotopic (exact) mass is 457 g/mol. The normalized spacial score (nSPS) is 15.5. The smallest absolute Gasteiger partial charge is 0.137 e. The van der Waals surface area contributed by atoms with Crippen LogP contribution in [0, 0.1) is 0 Å². The summed E-state index contributed by atoms with van der Waals surface area (Å²) in [5.74, 6) is 1.87. The molecule has 0 bridgehead atoms. The average Bonchev–Trinajstić information content (AvgIpc) is 2.71. The summed E-state index contributed by atoms with van der Waals surface area (Å²) in [5, 5.41) is 0. The second kappa shape index (κ2) is 12.6. The molecule has 0 aliphatic carbocycles. The first kappa shape index (κ1) is 23.4. The number of unbranched alkanes of at least 4 members (excludes halogenated alkanes) is 1. The van der Waals surface area contributed by atoms with Crippen LogP contribution in [0.3, 0.4) is 0 Å². The minimum Gasteiger partial charge on any atom is -0.494 e. The Balaban J connectivity index is 0.00000280. The second-order valence-corrected chi connectivity index (χ2v) is 7.74. The predicted molar refractivity (Wildman–Crippen MR) is 111 cm³/mol. The first-order chi connectivity index (χ1) is 13.3. The summed E-state index contributed by atoms with van der Waals surface area (Å²) < 4.78 is 13.0. The van der Waals surface area contributed by atoms with Gasteiger partial charge in [-0.05, 0) is 49.9 Å². The van der Waals surface area contributed by atoms with E-state index in [4.69, 9.17) is 9.47 Å². The summed E-state index contributed by atoms with van der Waals surface area (Å²) in [5.41, 5.74) is 1.44. The van der Waals surface area contributed by atoms with Crippen LogP contribution in [0.1, 0.15) is 44.6 Å². The van der Waals surface area contributed by atoms with Gasteiger partial charge in [0.25, 0.3) is 0 Å². The van der Waals surface area contributed by atoms with Crippen molar-refractivity contribution in [3.63, 3.8) is 0 Å². The zero-order valence-corrected chi connectivity index (χ0v) is 20.2. The van der Waals surface area contributed by atoms with Crippen LogP contribution in [0.5, 0.6) is 11.5 Å². The molecule has 2 aromatic carbocycles. The van der Waals surface area contributed by atoms with E-state index in [1.54, 1.807) is 0 Å². The van der Waals surface area contributed by atoms with E-state index < -0.39 is 0 Å². The van der Waals surface area contributed by atoms with E-state index >= 15 is 0 Å². The summed E-state index contributed by atoms with van der Waals surface area (Å²) in [6, 6.07) is 19.0. The van der Waals surface area contributed by atoms with Crippen molar-refractivity contribution >= 4 is 0 Å². The molecule has 28 heavy (non-hydrogen) atoms. The topological polar surface area (TPSA) is 18.5 Å². The fourth-order valence-corrected chi connectivity index (χ4v) is 3.94. The van der Waals surface area contributed by atoms with Crippen LogP contribution in [0.4, 0.5) is 0 Å².